The lowest BCUT2D eigenvalue weighted by molar-refractivity contribution is 1.37. The predicted octanol–water partition coefficient (Wildman–Crippen LogP) is 3.98. The van der Waals surface area contributed by atoms with Crippen LogP contribution in [0.3, 0.4) is 0 Å². The summed E-state index contributed by atoms with van der Waals surface area (Å²) in [6.07, 6.45) is 1.77. The van der Waals surface area contributed by atoms with Crippen LogP contribution in [-0.2, 0) is 0 Å². The van der Waals surface area contributed by atoms with Gasteiger partial charge in [-0.2, -0.15) is 0 Å². The highest BCUT2D eigenvalue weighted by Crippen LogP contribution is 2.24. The maximum absolute atomic E-state index is 6.00. The number of hydrogen-bond donors (Lipinski definition) is 0. The summed E-state index contributed by atoms with van der Waals surface area (Å²) < 4.78 is 0. The van der Waals surface area contributed by atoms with Crippen LogP contribution in [-0.4, -0.2) is 15.0 Å². The number of fused-ring (bicyclic) bond motifs is 4. The Morgan fingerprint density at radius 2 is 1.68 bits per heavy atom. The van der Waals surface area contributed by atoms with E-state index >= 15 is 0 Å². The molecule has 0 fully saturated rings. The van der Waals surface area contributed by atoms with Gasteiger partial charge in [0, 0.05) is 16.6 Å². The van der Waals surface area contributed by atoms with Gasteiger partial charge in [0.25, 0.3) is 0 Å². The standard InChI is InChI=1S/C15H8ClN3/c16-10-4-6-11-13(8-10)19-15-12(18-11)5-3-9-2-1-7-17-14(9)15/h1-8H. The molecule has 4 aromatic rings. The minimum atomic E-state index is 0.661. The van der Waals surface area contributed by atoms with Crippen LogP contribution in [0.1, 0.15) is 0 Å². The molecule has 4 rings (SSSR count). The zero-order valence-corrected chi connectivity index (χ0v) is 10.6. The van der Waals surface area contributed by atoms with E-state index in [0.717, 1.165) is 33.0 Å². The Labute approximate surface area is 113 Å². The number of benzene rings is 2. The molecule has 4 heteroatoms. The first kappa shape index (κ1) is 10.6. The average molecular weight is 266 g/mol. The van der Waals surface area contributed by atoms with E-state index in [2.05, 4.69) is 15.0 Å². The Morgan fingerprint density at radius 3 is 2.63 bits per heavy atom. The lowest BCUT2D eigenvalue weighted by Gasteiger charge is -2.04. The predicted molar refractivity (Wildman–Crippen MR) is 77.4 cm³/mol. The maximum atomic E-state index is 6.00. The van der Waals surface area contributed by atoms with Crippen molar-refractivity contribution in [1.29, 1.82) is 0 Å². The Bertz CT molecular complexity index is 934. The van der Waals surface area contributed by atoms with Gasteiger partial charge in [0.2, 0.25) is 0 Å². The normalized spacial score (nSPS) is 11.4. The molecule has 0 aliphatic rings. The van der Waals surface area contributed by atoms with Crippen molar-refractivity contribution in [3.05, 3.63) is 53.7 Å². The molecule has 0 N–H and O–H groups in total. The van der Waals surface area contributed by atoms with Gasteiger partial charge in [-0.05, 0) is 30.3 Å². The molecule has 0 bridgehead atoms. The average Bonchev–Trinajstić information content (AvgIpc) is 2.45. The van der Waals surface area contributed by atoms with Gasteiger partial charge < -0.3 is 0 Å². The van der Waals surface area contributed by atoms with Gasteiger partial charge in [-0.3, -0.25) is 4.98 Å². The van der Waals surface area contributed by atoms with E-state index < -0.39 is 0 Å². The van der Waals surface area contributed by atoms with Crippen LogP contribution in [0.4, 0.5) is 0 Å². The van der Waals surface area contributed by atoms with E-state index in [1.165, 1.54) is 0 Å². The number of rotatable bonds is 0. The maximum Gasteiger partial charge on any atom is 0.116 e. The molecular formula is C15H8ClN3. The van der Waals surface area contributed by atoms with Crippen LogP contribution in [0, 0.1) is 0 Å². The summed E-state index contributed by atoms with van der Waals surface area (Å²) in [6, 6.07) is 13.5. The van der Waals surface area contributed by atoms with Crippen molar-refractivity contribution in [2.45, 2.75) is 0 Å². The molecule has 0 spiro atoms. The number of pyridine rings is 1. The second kappa shape index (κ2) is 3.87. The number of aromatic nitrogens is 3. The molecule has 2 aromatic carbocycles. The van der Waals surface area contributed by atoms with Crippen LogP contribution in [0.15, 0.2) is 48.7 Å². The van der Waals surface area contributed by atoms with Crippen molar-refractivity contribution in [2.24, 2.45) is 0 Å². The summed E-state index contributed by atoms with van der Waals surface area (Å²) in [5.74, 6) is 0. The third-order valence-electron chi connectivity index (χ3n) is 3.14. The molecule has 0 saturated carbocycles. The quantitative estimate of drug-likeness (QED) is 0.356. The molecule has 0 radical (unpaired) electrons. The molecule has 0 amide bonds. The summed E-state index contributed by atoms with van der Waals surface area (Å²) in [5.41, 5.74) is 4.16. The molecule has 0 unspecified atom stereocenters. The zero-order chi connectivity index (χ0) is 12.8. The molecule has 0 saturated heterocycles. The van der Waals surface area contributed by atoms with Crippen molar-refractivity contribution in [3.63, 3.8) is 0 Å². The van der Waals surface area contributed by atoms with E-state index in [1.807, 2.05) is 42.5 Å². The van der Waals surface area contributed by atoms with Crippen LogP contribution in [0.25, 0.3) is 33.0 Å². The van der Waals surface area contributed by atoms with Gasteiger partial charge in [-0.15, -0.1) is 0 Å². The first-order valence-corrected chi connectivity index (χ1v) is 6.30. The fourth-order valence-corrected chi connectivity index (χ4v) is 2.42. The van der Waals surface area contributed by atoms with Crippen molar-refractivity contribution in [3.8, 4) is 0 Å². The zero-order valence-electron chi connectivity index (χ0n) is 9.84. The Morgan fingerprint density at radius 1 is 0.789 bits per heavy atom. The third kappa shape index (κ3) is 1.63. The highest BCUT2D eigenvalue weighted by molar-refractivity contribution is 6.31. The highest BCUT2D eigenvalue weighted by atomic mass is 35.5. The number of halogens is 1. The van der Waals surface area contributed by atoms with Crippen molar-refractivity contribution in [1.82, 2.24) is 15.0 Å². The first-order valence-electron chi connectivity index (χ1n) is 5.92. The Balaban J connectivity index is 2.23. The minimum Gasteiger partial charge on any atom is -0.254 e. The van der Waals surface area contributed by atoms with Crippen LogP contribution in [0.5, 0.6) is 0 Å². The molecule has 2 aromatic heterocycles. The van der Waals surface area contributed by atoms with Gasteiger partial charge >= 0.3 is 0 Å². The largest absolute Gasteiger partial charge is 0.254 e. The highest BCUT2D eigenvalue weighted by Gasteiger charge is 2.06. The number of hydrogen-bond acceptors (Lipinski definition) is 3. The van der Waals surface area contributed by atoms with Crippen LogP contribution < -0.4 is 0 Å². The fraction of sp³-hybridized carbons (Fsp3) is 0. The monoisotopic (exact) mass is 265 g/mol. The lowest BCUT2D eigenvalue weighted by atomic mass is 10.1. The van der Waals surface area contributed by atoms with Crippen LogP contribution in [0.2, 0.25) is 5.02 Å². The first-order chi connectivity index (χ1) is 9.31. The van der Waals surface area contributed by atoms with Crippen molar-refractivity contribution in [2.75, 3.05) is 0 Å². The molecule has 2 heterocycles. The molecule has 3 nitrogen and oxygen atoms in total. The van der Waals surface area contributed by atoms with Gasteiger partial charge in [0.15, 0.2) is 0 Å². The van der Waals surface area contributed by atoms with Gasteiger partial charge in [0.1, 0.15) is 5.52 Å². The number of nitrogens with zero attached hydrogens (tertiary/aromatic N) is 3. The van der Waals surface area contributed by atoms with E-state index in [0.29, 0.717) is 5.02 Å². The summed E-state index contributed by atoms with van der Waals surface area (Å²) >= 11 is 6.00. The van der Waals surface area contributed by atoms with Crippen molar-refractivity contribution >= 4 is 44.6 Å². The Hall–Kier alpha value is -2.26. The van der Waals surface area contributed by atoms with Crippen molar-refractivity contribution < 1.29 is 0 Å². The fourth-order valence-electron chi connectivity index (χ4n) is 2.25. The molecular weight excluding hydrogens is 258 g/mol. The van der Waals surface area contributed by atoms with Crippen LogP contribution >= 0.6 is 11.6 Å². The summed E-state index contributed by atoms with van der Waals surface area (Å²) in [7, 11) is 0. The smallest absolute Gasteiger partial charge is 0.116 e. The third-order valence-corrected chi connectivity index (χ3v) is 3.37. The SMILES string of the molecule is Clc1ccc2nc3ccc4cccnc4c3nc2c1. The van der Waals surface area contributed by atoms with E-state index in [1.54, 1.807) is 6.20 Å². The molecule has 0 aliphatic heterocycles. The summed E-state index contributed by atoms with van der Waals surface area (Å²) in [4.78, 5) is 13.7. The second-order valence-electron chi connectivity index (χ2n) is 4.37. The van der Waals surface area contributed by atoms with Gasteiger partial charge in [-0.1, -0.05) is 23.7 Å². The molecule has 0 atom stereocenters. The Kier molecular flexibility index (Phi) is 2.17. The minimum absolute atomic E-state index is 0.661. The molecule has 0 aliphatic carbocycles. The molecule has 19 heavy (non-hydrogen) atoms. The lowest BCUT2D eigenvalue weighted by Crippen LogP contribution is -1.90. The van der Waals surface area contributed by atoms with E-state index in [-0.39, 0.29) is 0 Å². The van der Waals surface area contributed by atoms with Gasteiger partial charge in [-0.25, -0.2) is 9.97 Å². The second-order valence-corrected chi connectivity index (χ2v) is 4.80. The topological polar surface area (TPSA) is 38.7 Å². The van der Waals surface area contributed by atoms with E-state index in [4.69, 9.17) is 11.6 Å². The molecule has 90 valence electrons. The summed E-state index contributed by atoms with van der Waals surface area (Å²) in [6.45, 7) is 0. The van der Waals surface area contributed by atoms with E-state index in [9.17, 15) is 0 Å². The summed E-state index contributed by atoms with van der Waals surface area (Å²) in [5, 5.41) is 1.72. The van der Waals surface area contributed by atoms with Gasteiger partial charge in [0.05, 0.1) is 22.1 Å².